The van der Waals surface area contributed by atoms with Crippen LogP contribution in [0.5, 0.6) is 11.5 Å². The number of hydrogen-bond donors (Lipinski definition) is 1. The SMILES string of the molecule is COc1c(Cl)cccc1OCCCN. The molecule has 2 N–H and O–H groups in total. The third kappa shape index (κ3) is 2.79. The van der Waals surface area contributed by atoms with Crippen molar-refractivity contribution in [1.82, 2.24) is 0 Å². The zero-order valence-electron chi connectivity index (χ0n) is 8.13. The van der Waals surface area contributed by atoms with Gasteiger partial charge in [0.15, 0.2) is 11.5 Å². The highest BCUT2D eigenvalue weighted by atomic mass is 35.5. The lowest BCUT2D eigenvalue weighted by atomic mass is 10.3. The summed E-state index contributed by atoms with van der Waals surface area (Å²) in [4.78, 5) is 0. The molecule has 0 aliphatic heterocycles. The van der Waals surface area contributed by atoms with Gasteiger partial charge < -0.3 is 15.2 Å². The van der Waals surface area contributed by atoms with Crippen molar-refractivity contribution in [3.8, 4) is 11.5 Å². The molecule has 1 aromatic carbocycles. The molecule has 3 nitrogen and oxygen atoms in total. The highest BCUT2D eigenvalue weighted by Gasteiger charge is 2.07. The van der Waals surface area contributed by atoms with Crippen LogP contribution in [-0.4, -0.2) is 20.3 Å². The number of benzene rings is 1. The molecule has 0 heterocycles. The Morgan fingerprint density at radius 1 is 1.43 bits per heavy atom. The number of ether oxygens (including phenoxy) is 2. The van der Waals surface area contributed by atoms with E-state index in [4.69, 9.17) is 26.8 Å². The molecule has 0 saturated heterocycles. The first kappa shape index (κ1) is 11.1. The summed E-state index contributed by atoms with van der Waals surface area (Å²) < 4.78 is 10.6. The second-order valence-electron chi connectivity index (χ2n) is 2.76. The van der Waals surface area contributed by atoms with E-state index in [1.807, 2.05) is 12.1 Å². The van der Waals surface area contributed by atoms with Crippen LogP contribution in [0.1, 0.15) is 6.42 Å². The summed E-state index contributed by atoms with van der Waals surface area (Å²) in [6.45, 7) is 1.19. The minimum absolute atomic E-state index is 0.553. The fourth-order valence-electron chi connectivity index (χ4n) is 1.07. The fourth-order valence-corrected chi connectivity index (χ4v) is 1.31. The average molecular weight is 216 g/mol. The van der Waals surface area contributed by atoms with Crippen LogP contribution in [0.4, 0.5) is 0 Å². The predicted molar refractivity (Wildman–Crippen MR) is 57.2 cm³/mol. The van der Waals surface area contributed by atoms with Crippen LogP contribution in [0.2, 0.25) is 5.02 Å². The van der Waals surface area contributed by atoms with Crippen molar-refractivity contribution in [2.45, 2.75) is 6.42 Å². The van der Waals surface area contributed by atoms with Crippen LogP contribution in [0, 0.1) is 0 Å². The normalized spacial score (nSPS) is 9.93. The van der Waals surface area contributed by atoms with Gasteiger partial charge in [0.2, 0.25) is 0 Å². The molecular weight excluding hydrogens is 202 g/mol. The van der Waals surface area contributed by atoms with Gasteiger partial charge in [-0.1, -0.05) is 17.7 Å². The summed E-state index contributed by atoms with van der Waals surface area (Å²) in [5, 5.41) is 0.553. The average Bonchev–Trinajstić information content (AvgIpc) is 2.18. The number of methoxy groups -OCH3 is 1. The topological polar surface area (TPSA) is 44.5 Å². The number of hydrogen-bond acceptors (Lipinski definition) is 3. The first-order chi connectivity index (χ1) is 6.79. The highest BCUT2D eigenvalue weighted by molar-refractivity contribution is 6.32. The molecule has 1 rings (SSSR count). The summed E-state index contributed by atoms with van der Waals surface area (Å²) in [6.07, 6.45) is 0.815. The number of nitrogens with two attached hydrogens (primary N) is 1. The van der Waals surface area contributed by atoms with Crippen molar-refractivity contribution in [1.29, 1.82) is 0 Å². The van der Waals surface area contributed by atoms with E-state index in [1.54, 1.807) is 13.2 Å². The van der Waals surface area contributed by atoms with Crippen LogP contribution < -0.4 is 15.2 Å². The molecule has 1 aromatic rings. The molecule has 0 atom stereocenters. The lowest BCUT2D eigenvalue weighted by Gasteiger charge is -2.10. The van der Waals surface area contributed by atoms with Gasteiger partial charge in [0.25, 0.3) is 0 Å². The Balaban J connectivity index is 2.70. The Morgan fingerprint density at radius 2 is 2.21 bits per heavy atom. The molecule has 0 unspecified atom stereocenters. The maximum atomic E-state index is 5.91. The van der Waals surface area contributed by atoms with Gasteiger partial charge in [0.1, 0.15) is 0 Å². The standard InChI is InChI=1S/C10H14ClNO2/c1-13-10-8(11)4-2-5-9(10)14-7-3-6-12/h2,4-5H,3,6-7,12H2,1H3. The smallest absolute Gasteiger partial charge is 0.179 e. The first-order valence-corrected chi connectivity index (χ1v) is 4.82. The molecule has 0 radical (unpaired) electrons. The van der Waals surface area contributed by atoms with Crippen LogP contribution in [0.3, 0.4) is 0 Å². The van der Waals surface area contributed by atoms with Crippen LogP contribution in [-0.2, 0) is 0 Å². The minimum atomic E-state index is 0.553. The molecule has 14 heavy (non-hydrogen) atoms. The van der Waals surface area contributed by atoms with Gasteiger partial charge >= 0.3 is 0 Å². The van der Waals surface area contributed by atoms with Crippen molar-refractivity contribution in [3.05, 3.63) is 23.2 Å². The summed E-state index contributed by atoms with van der Waals surface area (Å²) in [7, 11) is 1.57. The molecule has 0 saturated carbocycles. The molecule has 0 amide bonds. The van der Waals surface area contributed by atoms with Crippen LogP contribution in [0.25, 0.3) is 0 Å². The van der Waals surface area contributed by atoms with Crippen molar-refractivity contribution in [3.63, 3.8) is 0 Å². The van der Waals surface area contributed by atoms with E-state index in [2.05, 4.69) is 0 Å². The molecule has 0 aliphatic rings. The third-order valence-corrected chi connectivity index (χ3v) is 2.04. The molecular formula is C10H14ClNO2. The Kier molecular flexibility index (Phi) is 4.56. The third-order valence-electron chi connectivity index (χ3n) is 1.74. The molecule has 0 aromatic heterocycles. The Hall–Kier alpha value is -0.930. The first-order valence-electron chi connectivity index (χ1n) is 4.45. The summed E-state index contributed by atoms with van der Waals surface area (Å²) in [5.41, 5.74) is 5.36. The van der Waals surface area contributed by atoms with Gasteiger partial charge in [-0.15, -0.1) is 0 Å². The van der Waals surface area contributed by atoms with Crippen LogP contribution >= 0.6 is 11.6 Å². The molecule has 0 aliphatic carbocycles. The zero-order chi connectivity index (χ0) is 10.4. The van der Waals surface area contributed by atoms with E-state index in [-0.39, 0.29) is 0 Å². The predicted octanol–water partition coefficient (Wildman–Crippen LogP) is 2.08. The van der Waals surface area contributed by atoms with Crippen molar-refractivity contribution in [2.75, 3.05) is 20.3 Å². The van der Waals surface area contributed by atoms with Gasteiger partial charge in [-0.3, -0.25) is 0 Å². The molecule has 0 fully saturated rings. The quantitative estimate of drug-likeness (QED) is 0.765. The van der Waals surface area contributed by atoms with Crippen LogP contribution in [0.15, 0.2) is 18.2 Å². The number of halogens is 1. The number of rotatable bonds is 5. The maximum Gasteiger partial charge on any atom is 0.179 e. The lowest BCUT2D eigenvalue weighted by Crippen LogP contribution is -2.06. The van der Waals surface area contributed by atoms with Gasteiger partial charge in [0, 0.05) is 0 Å². The van der Waals surface area contributed by atoms with Gasteiger partial charge in [-0.2, -0.15) is 0 Å². The van der Waals surface area contributed by atoms with Gasteiger partial charge in [-0.25, -0.2) is 0 Å². The molecule has 0 bridgehead atoms. The van der Waals surface area contributed by atoms with Gasteiger partial charge in [-0.05, 0) is 25.1 Å². The molecule has 0 spiro atoms. The van der Waals surface area contributed by atoms with E-state index in [9.17, 15) is 0 Å². The minimum Gasteiger partial charge on any atom is -0.491 e. The van der Waals surface area contributed by atoms with Crippen molar-refractivity contribution < 1.29 is 9.47 Å². The largest absolute Gasteiger partial charge is 0.491 e. The van der Waals surface area contributed by atoms with Crippen molar-refractivity contribution >= 4 is 11.6 Å². The second-order valence-corrected chi connectivity index (χ2v) is 3.17. The maximum absolute atomic E-state index is 5.91. The van der Waals surface area contributed by atoms with Gasteiger partial charge in [0.05, 0.1) is 18.7 Å². The lowest BCUT2D eigenvalue weighted by molar-refractivity contribution is 0.291. The van der Waals surface area contributed by atoms with E-state index < -0.39 is 0 Å². The Labute approximate surface area is 88.8 Å². The molecule has 4 heteroatoms. The van der Waals surface area contributed by atoms with E-state index >= 15 is 0 Å². The summed E-state index contributed by atoms with van der Waals surface area (Å²) >= 11 is 5.91. The van der Waals surface area contributed by atoms with Crippen molar-refractivity contribution in [2.24, 2.45) is 5.73 Å². The Bertz CT molecular complexity index is 291. The number of para-hydroxylation sites is 1. The highest BCUT2D eigenvalue weighted by Crippen LogP contribution is 2.34. The zero-order valence-corrected chi connectivity index (χ0v) is 8.88. The second kappa shape index (κ2) is 5.73. The molecule has 78 valence electrons. The van der Waals surface area contributed by atoms with E-state index in [0.29, 0.717) is 29.7 Å². The van der Waals surface area contributed by atoms with E-state index in [1.165, 1.54) is 0 Å². The van der Waals surface area contributed by atoms with E-state index in [0.717, 1.165) is 6.42 Å². The fraction of sp³-hybridized carbons (Fsp3) is 0.400. The monoisotopic (exact) mass is 215 g/mol. The Morgan fingerprint density at radius 3 is 2.86 bits per heavy atom. The summed E-state index contributed by atoms with van der Waals surface area (Å²) in [5.74, 6) is 1.24. The summed E-state index contributed by atoms with van der Waals surface area (Å²) in [6, 6.07) is 5.40.